The van der Waals surface area contributed by atoms with Crippen molar-refractivity contribution in [1.82, 2.24) is 5.32 Å². The molecular formula is C12H11F2NO2. The summed E-state index contributed by atoms with van der Waals surface area (Å²) >= 11 is 0. The van der Waals surface area contributed by atoms with Gasteiger partial charge in [-0.1, -0.05) is 6.07 Å². The molecule has 0 amide bonds. The Hall–Kier alpha value is -1.75. The SMILES string of the molecule is CNC(C)C(=O)c1ccc2c(F)c(F)oc2c1. The maximum Gasteiger partial charge on any atom is 0.315 e. The van der Waals surface area contributed by atoms with Gasteiger partial charge >= 0.3 is 6.01 Å². The van der Waals surface area contributed by atoms with E-state index in [0.717, 1.165) is 0 Å². The molecule has 1 aromatic carbocycles. The van der Waals surface area contributed by atoms with Crippen molar-refractivity contribution >= 4 is 16.8 Å². The van der Waals surface area contributed by atoms with Crippen molar-refractivity contribution in [2.45, 2.75) is 13.0 Å². The number of carbonyl (C=O) groups is 1. The van der Waals surface area contributed by atoms with Gasteiger partial charge < -0.3 is 9.73 Å². The van der Waals surface area contributed by atoms with Crippen LogP contribution in [0.1, 0.15) is 17.3 Å². The number of halogens is 2. The van der Waals surface area contributed by atoms with Crippen molar-refractivity contribution in [2.24, 2.45) is 0 Å². The first-order chi connectivity index (χ1) is 8.04. The highest BCUT2D eigenvalue weighted by Crippen LogP contribution is 2.24. The van der Waals surface area contributed by atoms with Crippen LogP contribution in [0.25, 0.3) is 11.0 Å². The number of likely N-dealkylation sites (N-methyl/N-ethyl adjacent to an activating group) is 1. The monoisotopic (exact) mass is 239 g/mol. The number of ketones is 1. The zero-order valence-corrected chi connectivity index (χ0v) is 9.38. The maximum absolute atomic E-state index is 13.1. The minimum Gasteiger partial charge on any atom is -0.429 e. The average molecular weight is 239 g/mol. The summed E-state index contributed by atoms with van der Waals surface area (Å²) in [5, 5.41) is 2.84. The third-order valence-electron chi connectivity index (χ3n) is 2.70. The van der Waals surface area contributed by atoms with Gasteiger partial charge in [-0.25, -0.2) is 0 Å². The number of furan rings is 1. The molecule has 1 aromatic heterocycles. The van der Waals surface area contributed by atoms with Crippen molar-refractivity contribution in [3.8, 4) is 0 Å². The molecule has 0 saturated heterocycles. The van der Waals surface area contributed by atoms with Crippen molar-refractivity contribution in [3.63, 3.8) is 0 Å². The Labute approximate surface area is 96.4 Å². The second-order valence-corrected chi connectivity index (χ2v) is 3.78. The standard InChI is InChI=1S/C12H11F2NO2/c1-6(15-2)11(16)7-3-4-8-9(5-7)17-12(14)10(8)13/h3-6,15H,1-2H3. The molecule has 0 aliphatic heterocycles. The number of hydrogen-bond donors (Lipinski definition) is 1. The van der Waals surface area contributed by atoms with Crippen LogP contribution in [0.4, 0.5) is 8.78 Å². The number of benzene rings is 1. The van der Waals surface area contributed by atoms with Crippen LogP contribution in [-0.2, 0) is 0 Å². The first kappa shape index (κ1) is 11.7. The summed E-state index contributed by atoms with van der Waals surface area (Å²) < 4.78 is 30.6. The highest BCUT2D eigenvalue weighted by atomic mass is 19.2. The molecule has 1 heterocycles. The number of Topliss-reactive ketones (excluding diaryl/α,β-unsaturated/α-hetero) is 1. The summed E-state index contributed by atoms with van der Waals surface area (Å²) in [4.78, 5) is 11.8. The minimum atomic E-state index is -1.26. The number of rotatable bonds is 3. The predicted octanol–water partition coefficient (Wildman–Crippen LogP) is 2.50. The predicted molar refractivity (Wildman–Crippen MR) is 59.0 cm³/mol. The Morgan fingerprint density at radius 1 is 1.41 bits per heavy atom. The maximum atomic E-state index is 13.1. The lowest BCUT2D eigenvalue weighted by Gasteiger charge is -2.08. The Morgan fingerprint density at radius 3 is 2.76 bits per heavy atom. The fourth-order valence-corrected chi connectivity index (χ4v) is 1.57. The molecule has 0 fully saturated rings. The van der Waals surface area contributed by atoms with Gasteiger partial charge in [0, 0.05) is 5.56 Å². The van der Waals surface area contributed by atoms with Gasteiger partial charge in [-0.2, -0.15) is 8.78 Å². The molecule has 0 saturated carbocycles. The molecule has 1 N–H and O–H groups in total. The molecule has 3 nitrogen and oxygen atoms in total. The molecule has 0 spiro atoms. The Balaban J connectivity index is 2.48. The van der Waals surface area contributed by atoms with Gasteiger partial charge in [0.05, 0.1) is 11.4 Å². The number of hydrogen-bond acceptors (Lipinski definition) is 3. The van der Waals surface area contributed by atoms with Crippen molar-refractivity contribution in [1.29, 1.82) is 0 Å². The third kappa shape index (κ3) is 1.93. The van der Waals surface area contributed by atoms with Gasteiger partial charge in [-0.3, -0.25) is 4.79 Å². The molecular weight excluding hydrogens is 228 g/mol. The van der Waals surface area contributed by atoms with Gasteiger partial charge in [0.25, 0.3) is 0 Å². The highest BCUT2D eigenvalue weighted by molar-refractivity contribution is 6.02. The van der Waals surface area contributed by atoms with Gasteiger partial charge in [-0.15, -0.1) is 0 Å². The summed E-state index contributed by atoms with van der Waals surface area (Å²) in [6.45, 7) is 1.70. The van der Waals surface area contributed by atoms with Gasteiger partial charge in [0.1, 0.15) is 5.58 Å². The van der Waals surface area contributed by atoms with E-state index in [1.807, 2.05) is 0 Å². The largest absolute Gasteiger partial charge is 0.429 e. The molecule has 2 rings (SSSR count). The van der Waals surface area contributed by atoms with Gasteiger partial charge in [-0.05, 0) is 26.1 Å². The molecule has 90 valence electrons. The molecule has 0 radical (unpaired) electrons. The summed E-state index contributed by atoms with van der Waals surface area (Å²) in [5.41, 5.74) is 0.391. The molecule has 0 aliphatic carbocycles. The lowest BCUT2D eigenvalue weighted by atomic mass is 10.0. The lowest BCUT2D eigenvalue weighted by molar-refractivity contribution is 0.0955. The average Bonchev–Trinajstić information content (AvgIpc) is 2.62. The molecule has 0 bridgehead atoms. The van der Waals surface area contributed by atoms with Crippen LogP contribution in [0, 0.1) is 11.8 Å². The Morgan fingerprint density at radius 2 is 2.12 bits per heavy atom. The summed E-state index contributed by atoms with van der Waals surface area (Å²) in [7, 11) is 1.66. The van der Waals surface area contributed by atoms with Crippen molar-refractivity contribution < 1.29 is 18.0 Å². The smallest absolute Gasteiger partial charge is 0.315 e. The van der Waals surface area contributed by atoms with E-state index in [1.165, 1.54) is 18.2 Å². The van der Waals surface area contributed by atoms with Crippen LogP contribution in [0.15, 0.2) is 22.6 Å². The van der Waals surface area contributed by atoms with E-state index in [0.29, 0.717) is 5.56 Å². The topological polar surface area (TPSA) is 42.2 Å². The third-order valence-corrected chi connectivity index (χ3v) is 2.70. The summed E-state index contributed by atoms with van der Waals surface area (Å²) in [5.74, 6) is -1.19. The van der Waals surface area contributed by atoms with Crippen LogP contribution in [0.3, 0.4) is 0 Å². The highest BCUT2D eigenvalue weighted by Gasteiger charge is 2.18. The van der Waals surface area contributed by atoms with Crippen LogP contribution >= 0.6 is 0 Å². The van der Waals surface area contributed by atoms with Crippen LogP contribution < -0.4 is 5.32 Å². The van der Waals surface area contributed by atoms with Crippen molar-refractivity contribution in [2.75, 3.05) is 7.05 Å². The fraction of sp³-hybridized carbons (Fsp3) is 0.250. The molecule has 1 atom stereocenters. The summed E-state index contributed by atoms with van der Waals surface area (Å²) in [6, 6.07) is 2.52. The molecule has 1 unspecified atom stereocenters. The van der Waals surface area contributed by atoms with Gasteiger partial charge in [0.15, 0.2) is 5.78 Å². The quantitative estimate of drug-likeness (QED) is 0.837. The second kappa shape index (κ2) is 4.25. The van der Waals surface area contributed by atoms with E-state index in [1.54, 1.807) is 14.0 Å². The summed E-state index contributed by atoms with van der Waals surface area (Å²) in [6.07, 6.45) is 0. The van der Waals surface area contributed by atoms with E-state index in [2.05, 4.69) is 9.73 Å². The van der Waals surface area contributed by atoms with E-state index in [-0.39, 0.29) is 22.8 Å². The normalized spacial score (nSPS) is 12.9. The minimum absolute atomic E-state index is 0.0363. The molecule has 2 aromatic rings. The van der Waals surface area contributed by atoms with E-state index in [9.17, 15) is 13.6 Å². The number of fused-ring (bicyclic) bond motifs is 1. The van der Waals surface area contributed by atoms with E-state index >= 15 is 0 Å². The Kier molecular flexibility index (Phi) is 2.93. The second-order valence-electron chi connectivity index (χ2n) is 3.78. The zero-order chi connectivity index (χ0) is 12.6. The Bertz CT molecular complexity index is 577. The van der Waals surface area contributed by atoms with Crippen LogP contribution in [-0.4, -0.2) is 18.9 Å². The zero-order valence-electron chi connectivity index (χ0n) is 9.38. The lowest BCUT2D eigenvalue weighted by Crippen LogP contribution is -2.30. The van der Waals surface area contributed by atoms with E-state index < -0.39 is 11.8 Å². The first-order valence-electron chi connectivity index (χ1n) is 5.13. The fourth-order valence-electron chi connectivity index (χ4n) is 1.57. The van der Waals surface area contributed by atoms with Crippen LogP contribution in [0.5, 0.6) is 0 Å². The van der Waals surface area contributed by atoms with Gasteiger partial charge in [0.2, 0.25) is 5.82 Å². The first-order valence-corrected chi connectivity index (χ1v) is 5.13. The van der Waals surface area contributed by atoms with E-state index in [4.69, 9.17) is 0 Å². The number of carbonyl (C=O) groups excluding carboxylic acids is 1. The molecule has 5 heteroatoms. The van der Waals surface area contributed by atoms with Crippen LogP contribution in [0.2, 0.25) is 0 Å². The molecule has 0 aliphatic rings. The van der Waals surface area contributed by atoms with Crippen molar-refractivity contribution in [3.05, 3.63) is 35.6 Å². The number of nitrogens with one attached hydrogen (secondary N) is 1. The molecule has 17 heavy (non-hydrogen) atoms.